The van der Waals surface area contributed by atoms with Crippen molar-refractivity contribution in [2.75, 3.05) is 0 Å². The first-order valence-electron chi connectivity index (χ1n) is 13.2. The van der Waals surface area contributed by atoms with Crippen LogP contribution in [0.3, 0.4) is 0 Å². The second-order valence-electron chi connectivity index (χ2n) is 10.4. The van der Waals surface area contributed by atoms with Crippen LogP contribution >= 0.6 is 0 Å². The Hall–Kier alpha value is -3.17. The first kappa shape index (κ1) is 30.4. The second-order valence-corrected chi connectivity index (χ2v) is 10.4. The third-order valence-electron chi connectivity index (χ3n) is 8.23. The molecule has 8 bridgehead atoms. The van der Waals surface area contributed by atoms with Crippen molar-refractivity contribution in [2.24, 2.45) is 0 Å². The summed E-state index contributed by atoms with van der Waals surface area (Å²) in [7, 11) is 0. The van der Waals surface area contributed by atoms with E-state index in [0.29, 0.717) is 6.42 Å². The maximum absolute atomic E-state index is 11.2. The zero-order valence-electron chi connectivity index (χ0n) is 24.1. The van der Waals surface area contributed by atoms with Crippen molar-refractivity contribution in [3.63, 3.8) is 0 Å². The van der Waals surface area contributed by atoms with Gasteiger partial charge in [0, 0.05) is 50.9 Å². The van der Waals surface area contributed by atoms with Gasteiger partial charge in [-0.2, -0.15) is 6.42 Å². The second kappa shape index (κ2) is 11.9. The summed E-state index contributed by atoms with van der Waals surface area (Å²) >= 11 is 0. The van der Waals surface area contributed by atoms with Gasteiger partial charge in [-0.05, 0) is 86.2 Å². The predicted octanol–water partition coefficient (Wildman–Crippen LogP) is 4.61. The summed E-state index contributed by atoms with van der Waals surface area (Å²) in [5, 5.41) is 0. The number of aryl methyl sites for hydroxylation is 3. The van der Waals surface area contributed by atoms with E-state index in [1.54, 1.807) is 0 Å². The van der Waals surface area contributed by atoms with Crippen molar-refractivity contribution < 1.29 is 29.1 Å². The van der Waals surface area contributed by atoms with Crippen LogP contribution in [0.1, 0.15) is 96.0 Å². The summed E-state index contributed by atoms with van der Waals surface area (Å²) in [4.78, 5) is 28.7. The normalized spacial score (nSPS) is 16.2. The summed E-state index contributed by atoms with van der Waals surface area (Å²) < 4.78 is 0. The van der Waals surface area contributed by atoms with Crippen molar-refractivity contribution >= 4 is 46.1 Å². The van der Waals surface area contributed by atoms with Crippen LogP contribution in [0, 0.1) is 20.8 Å². The molecule has 3 N–H and O–H groups in total. The number of aromatic nitrogens is 4. The molecule has 2 atom stereocenters. The summed E-state index contributed by atoms with van der Waals surface area (Å²) in [6.07, 6.45) is 8.22. The Balaban J connectivity index is 0.00000210. The van der Waals surface area contributed by atoms with E-state index < -0.39 is 0 Å². The molecular formula is C32H36LiN4O2-. The molecule has 0 spiro atoms. The van der Waals surface area contributed by atoms with Crippen molar-refractivity contribution in [3.05, 3.63) is 75.4 Å². The van der Waals surface area contributed by atoms with Gasteiger partial charge in [0.1, 0.15) is 0 Å². The van der Waals surface area contributed by atoms with Gasteiger partial charge in [-0.25, -0.2) is 4.98 Å². The Morgan fingerprint density at radius 1 is 0.974 bits per heavy atom. The number of fused-ring (bicyclic) bond motifs is 8. The van der Waals surface area contributed by atoms with E-state index in [0.717, 1.165) is 79.9 Å². The van der Waals surface area contributed by atoms with Crippen LogP contribution in [0.4, 0.5) is 0 Å². The molecule has 39 heavy (non-hydrogen) atoms. The molecule has 3 aromatic heterocycles. The zero-order chi connectivity index (χ0) is 26.4. The van der Waals surface area contributed by atoms with Gasteiger partial charge in [-0.15, -0.1) is 0 Å². The number of rotatable bonds is 5. The molecule has 0 saturated heterocycles. The molecular weight excluding hydrogens is 479 g/mol. The molecule has 0 amide bonds. The number of nitrogens with one attached hydrogen (secondary N) is 2. The van der Waals surface area contributed by atoms with E-state index in [1.165, 1.54) is 11.1 Å². The van der Waals surface area contributed by atoms with Gasteiger partial charge >= 0.3 is 18.9 Å². The van der Waals surface area contributed by atoms with Crippen molar-refractivity contribution in [1.82, 2.24) is 19.9 Å². The molecule has 6 nitrogen and oxygen atoms in total. The molecule has 5 rings (SSSR count). The quantitative estimate of drug-likeness (QED) is 0.382. The van der Waals surface area contributed by atoms with E-state index in [1.807, 2.05) is 6.08 Å². The number of H-pyrrole nitrogens is 2. The fourth-order valence-electron chi connectivity index (χ4n) is 5.90. The van der Waals surface area contributed by atoms with E-state index in [-0.39, 0.29) is 36.2 Å². The van der Waals surface area contributed by atoms with Crippen LogP contribution in [-0.4, -0.2) is 31.7 Å². The SMILES string of the molecule is C=Cc1c(C)c2cc3nc(c(C)c4nc(cc5[nH]c(cc1[nH]2)c(C)c5CC)C(C)=C4)[C@@H](CC[C-]=O)[C@@H]3C.[Li+].[OH-]. The molecule has 0 aliphatic carbocycles. The molecule has 0 saturated carbocycles. The van der Waals surface area contributed by atoms with Gasteiger partial charge in [0.25, 0.3) is 0 Å². The molecule has 0 unspecified atom stereocenters. The molecule has 2 aliphatic rings. The maximum Gasteiger partial charge on any atom is 1.00 e. The number of nitrogens with zero attached hydrogens (tertiary/aromatic N) is 2. The van der Waals surface area contributed by atoms with E-state index in [4.69, 9.17) is 9.97 Å². The monoisotopic (exact) mass is 515 g/mol. The zero-order valence-corrected chi connectivity index (χ0v) is 24.1. The Labute approximate surface area is 242 Å². The minimum Gasteiger partial charge on any atom is -0.870 e. The topological polar surface area (TPSA) is 104 Å². The van der Waals surface area contributed by atoms with Crippen LogP contribution < -0.4 is 18.9 Å². The average molecular weight is 516 g/mol. The number of carbonyl (C=O) groups excluding carboxylic acids is 1. The van der Waals surface area contributed by atoms with Crippen LogP contribution in [0.5, 0.6) is 0 Å². The van der Waals surface area contributed by atoms with Crippen molar-refractivity contribution in [1.29, 1.82) is 0 Å². The van der Waals surface area contributed by atoms with Crippen molar-refractivity contribution in [3.8, 4) is 0 Å². The predicted molar refractivity (Wildman–Crippen MR) is 156 cm³/mol. The molecule has 0 aromatic carbocycles. The molecule has 2 aliphatic heterocycles. The van der Waals surface area contributed by atoms with E-state index in [9.17, 15) is 4.79 Å². The van der Waals surface area contributed by atoms with Crippen LogP contribution in [0.25, 0.3) is 39.8 Å². The summed E-state index contributed by atoms with van der Waals surface area (Å²) in [6.45, 7) is 17.0. The summed E-state index contributed by atoms with van der Waals surface area (Å²) in [5.74, 6) is 0.325. The molecule has 198 valence electrons. The molecule has 3 aromatic rings. The molecule has 0 radical (unpaired) electrons. The first-order chi connectivity index (χ1) is 17.8. The van der Waals surface area contributed by atoms with Gasteiger partial charge < -0.3 is 20.2 Å². The fourth-order valence-corrected chi connectivity index (χ4v) is 5.90. The molecule has 7 heteroatoms. The smallest absolute Gasteiger partial charge is 0.870 e. The third kappa shape index (κ3) is 5.22. The first-order valence-corrected chi connectivity index (χ1v) is 13.2. The number of hydrogen-bond donors (Lipinski definition) is 2. The number of hydrogen-bond acceptors (Lipinski definition) is 4. The Bertz CT molecular complexity index is 1630. The summed E-state index contributed by atoms with van der Waals surface area (Å²) in [6, 6.07) is 6.53. The van der Waals surface area contributed by atoms with Gasteiger partial charge in [0.15, 0.2) is 0 Å². The van der Waals surface area contributed by atoms with Crippen LogP contribution in [0.2, 0.25) is 0 Å². The Morgan fingerprint density at radius 2 is 1.67 bits per heavy atom. The summed E-state index contributed by atoms with van der Waals surface area (Å²) in [5.41, 5.74) is 15.2. The van der Waals surface area contributed by atoms with Gasteiger partial charge in [-0.1, -0.05) is 32.9 Å². The van der Waals surface area contributed by atoms with Gasteiger partial charge in [0.2, 0.25) is 0 Å². The minimum absolute atomic E-state index is 0. The number of aromatic amines is 2. The standard InChI is InChI=1S/C32H35N4O.Li.H2O/c1-8-22-19(5)28-16-31-23(9-2)18(4)27(34-31)15-29-20(6)24(11-10-12-37)32(36-29)21(7)26-13-17(3)25(33-26)14-30(22)35-28;;/h9,13-16,20,24,34-35H,2,8,10-11H2,1,3-7H3;;1H2/q-1;+1;/p-1/t20-,24-;;/m0../s1. The Kier molecular flexibility index (Phi) is 9.28. The van der Waals surface area contributed by atoms with Gasteiger partial charge in [-0.3, -0.25) is 11.3 Å². The molecule has 0 fully saturated rings. The van der Waals surface area contributed by atoms with Crippen LogP contribution in [0.15, 0.2) is 24.8 Å². The maximum atomic E-state index is 11.2. The average Bonchev–Trinajstić information content (AvgIpc) is 3.57. The Morgan fingerprint density at radius 3 is 2.33 bits per heavy atom. The van der Waals surface area contributed by atoms with Gasteiger partial charge in [0.05, 0.1) is 11.4 Å². The molecule has 5 heterocycles. The van der Waals surface area contributed by atoms with Crippen molar-refractivity contribution in [2.45, 2.75) is 72.6 Å². The van der Waals surface area contributed by atoms with Crippen LogP contribution in [-0.2, 0) is 11.2 Å². The third-order valence-corrected chi connectivity index (χ3v) is 8.23. The minimum atomic E-state index is 0. The largest absolute Gasteiger partial charge is 1.00 e. The van der Waals surface area contributed by atoms with E-state index >= 15 is 0 Å². The number of allylic oxidation sites excluding steroid dienone is 1. The fraction of sp³-hybridized carbons (Fsp3) is 0.344. The van der Waals surface area contributed by atoms with E-state index in [2.05, 4.69) is 88.7 Å².